The monoisotopic (exact) mass is 182 g/mol. The van der Waals surface area contributed by atoms with Crippen LogP contribution in [0.3, 0.4) is 0 Å². The maximum absolute atomic E-state index is 5.55. The molecule has 0 aliphatic carbocycles. The van der Waals surface area contributed by atoms with Crippen molar-refractivity contribution in [2.75, 3.05) is 20.1 Å². The number of rotatable bonds is 5. The quantitative estimate of drug-likeness (QED) is 0.356. The Balaban J connectivity index is 3.58. The van der Waals surface area contributed by atoms with E-state index in [4.69, 9.17) is 21.1 Å². The third-order valence-electron chi connectivity index (χ3n) is 1.63. The molecule has 0 spiro atoms. The largest absolute Gasteiger partial charge is 0.358 e. The molecule has 0 unspecified atom stereocenters. The van der Waals surface area contributed by atoms with E-state index in [-0.39, 0.29) is 14.9 Å². The van der Waals surface area contributed by atoms with Crippen molar-refractivity contribution in [3.8, 4) is 0 Å². The van der Waals surface area contributed by atoms with Crippen LogP contribution in [-0.4, -0.2) is 35.0 Å². The van der Waals surface area contributed by atoms with Gasteiger partial charge in [0.15, 0.2) is 0 Å². The Hall–Kier alpha value is 0.427. The van der Waals surface area contributed by atoms with Gasteiger partial charge in [0, 0.05) is 20.1 Å². The van der Waals surface area contributed by atoms with E-state index in [1.807, 2.05) is 6.92 Å². The van der Waals surface area contributed by atoms with Crippen molar-refractivity contribution in [3.63, 3.8) is 0 Å². The van der Waals surface area contributed by atoms with Crippen LogP contribution in [0.2, 0.25) is 6.04 Å². The van der Waals surface area contributed by atoms with Crippen LogP contribution < -0.4 is 0 Å². The normalized spacial score (nSPS) is 13.2. The van der Waals surface area contributed by atoms with Crippen molar-refractivity contribution in [2.24, 2.45) is 0 Å². The molecule has 4 heteroatoms. The lowest BCUT2D eigenvalue weighted by Gasteiger charge is -2.25. The molecule has 0 aromatic carbocycles. The first-order valence-corrected chi connectivity index (χ1v) is 5.59. The Labute approximate surface area is 69.7 Å². The van der Waals surface area contributed by atoms with Crippen LogP contribution in [0, 0.1) is 0 Å². The summed E-state index contributed by atoms with van der Waals surface area (Å²) in [5, 5.41) is 0. The van der Waals surface area contributed by atoms with Gasteiger partial charge in [0.05, 0.1) is 9.52 Å². The minimum absolute atomic E-state index is 0.311. The highest BCUT2D eigenvalue weighted by Gasteiger charge is 2.21. The highest BCUT2D eigenvalue weighted by atomic mass is 35.5. The molecular formula is C6H15ClO2Si. The Bertz CT molecular complexity index is 85.8. The molecule has 0 saturated carbocycles. The highest BCUT2D eigenvalue weighted by molar-refractivity contribution is 6.40. The molecule has 0 aromatic heterocycles. The van der Waals surface area contributed by atoms with Crippen LogP contribution in [0.5, 0.6) is 0 Å². The molecule has 0 atom stereocenters. The first-order valence-electron chi connectivity index (χ1n) is 3.35. The third kappa shape index (κ3) is 3.56. The van der Waals surface area contributed by atoms with Gasteiger partial charge >= 0.3 is 0 Å². The number of ether oxygens (including phenoxy) is 2. The second-order valence-electron chi connectivity index (χ2n) is 2.33. The second kappa shape index (κ2) is 5.13. The lowest BCUT2D eigenvalue weighted by atomic mass is 10.7. The number of hydrogen-bond donors (Lipinski definition) is 0. The summed E-state index contributed by atoms with van der Waals surface area (Å²) in [5.41, 5.74) is -0.311. The van der Waals surface area contributed by atoms with Crippen molar-refractivity contribution in [3.05, 3.63) is 0 Å². The van der Waals surface area contributed by atoms with Crippen molar-refractivity contribution >= 4 is 21.1 Å². The maximum atomic E-state index is 5.55. The average Bonchev–Trinajstić information content (AvgIpc) is 2.00. The number of hydrogen-bond acceptors (Lipinski definition) is 2. The molecule has 10 heavy (non-hydrogen) atoms. The molecule has 62 valence electrons. The minimum atomic E-state index is -0.348. The molecule has 0 aliphatic rings. The lowest BCUT2D eigenvalue weighted by molar-refractivity contribution is -0.130. The van der Waals surface area contributed by atoms with Crippen LogP contribution in [0.1, 0.15) is 6.92 Å². The average molecular weight is 183 g/mol. The smallest absolute Gasteiger partial charge is 0.141 e. The summed E-state index contributed by atoms with van der Waals surface area (Å²) in [6, 6.07) is 1.06. The van der Waals surface area contributed by atoms with E-state index >= 15 is 0 Å². The van der Waals surface area contributed by atoms with Crippen LogP contribution in [0.25, 0.3) is 0 Å². The van der Waals surface area contributed by atoms with Gasteiger partial charge in [0.25, 0.3) is 0 Å². The molecule has 0 fully saturated rings. The van der Waals surface area contributed by atoms with E-state index in [0.29, 0.717) is 5.88 Å². The van der Waals surface area contributed by atoms with Gasteiger partial charge in [0.1, 0.15) is 5.41 Å². The predicted octanol–water partition coefficient (Wildman–Crippen LogP) is 0.779. The zero-order chi connectivity index (χ0) is 8.04. The fraction of sp³-hybridized carbons (Fsp3) is 1.00. The van der Waals surface area contributed by atoms with Crippen LogP contribution in [-0.2, 0) is 9.47 Å². The molecule has 0 N–H and O–H groups in total. The summed E-state index contributed by atoms with van der Waals surface area (Å²) in [5.74, 6) is 0.717. The molecule has 0 aromatic rings. The van der Waals surface area contributed by atoms with Gasteiger partial charge in [-0.25, -0.2) is 0 Å². The topological polar surface area (TPSA) is 18.5 Å². The van der Waals surface area contributed by atoms with E-state index in [2.05, 4.69) is 0 Å². The molecule has 0 saturated heterocycles. The molecular weight excluding hydrogens is 168 g/mol. The molecule has 0 rings (SSSR count). The van der Waals surface area contributed by atoms with Gasteiger partial charge < -0.3 is 9.47 Å². The van der Waals surface area contributed by atoms with Gasteiger partial charge in [-0.15, -0.1) is 11.6 Å². The van der Waals surface area contributed by atoms with E-state index in [0.717, 1.165) is 6.04 Å². The second-order valence-corrected chi connectivity index (χ2v) is 5.20. The van der Waals surface area contributed by atoms with E-state index in [1.54, 1.807) is 14.2 Å². The van der Waals surface area contributed by atoms with Crippen molar-refractivity contribution in [2.45, 2.75) is 18.4 Å². The van der Waals surface area contributed by atoms with Crippen LogP contribution in [0.4, 0.5) is 0 Å². The summed E-state index contributed by atoms with van der Waals surface area (Å²) in [6.07, 6.45) is 0. The fourth-order valence-corrected chi connectivity index (χ4v) is 2.26. The standard InChI is InChI=1S/C6H15ClO2Si/c1-6(8-2,9-3)10-5-4-7/h4-5,10H2,1-3H3. The minimum Gasteiger partial charge on any atom is -0.358 e. The highest BCUT2D eigenvalue weighted by Crippen LogP contribution is 2.09. The fourth-order valence-electron chi connectivity index (χ4n) is 0.675. The summed E-state index contributed by atoms with van der Waals surface area (Å²) >= 11 is 5.55. The Morgan fingerprint density at radius 1 is 1.40 bits per heavy atom. The predicted molar refractivity (Wildman–Crippen MR) is 46.5 cm³/mol. The van der Waals surface area contributed by atoms with Crippen molar-refractivity contribution < 1.29 is 9.47 Å². The Morgan fingerprint density at radius 3 is 2.20 bits per heavy atom. The number of halogens is 1. The van der Waals surface area contributed by atoms with E-state index in [9.17, 15) is 0 Å². The lowest BCUT2D eigenvalue weighted by Crippen LogP contribution is -2.36. The van der Waals surface area contributed by atoms with Crippen molar-refractivity contribution in [1.29, 1.82) is 0 Å². The van der Waals surface area contributed by atoms with Gasteiger partial charge in [-0.2, -0.15) is 0 Å². The van der Waals surface area contributed by atoms with Gasteiger partial charge in [-0.1, -0.05) is 0 Å². The molecule has 0 bridgehead atoms. The Morgan fingerprint density at radius 2 is 1.90 bits per heavy atom. The first-order chi connectivity index (χ1) is 4.68. The Kier molecular flexibility index (Phi) is 5.35. The summed E-state index contributed by atoms with van der Waals surface area (Å²) in [4.78, 5) is 0. The van der Waals surface area contributed by atoms with Gasteiger partial charge in [-0.05, 0) is 13.0 Å². The van der Waals surface area contributed by atoms with Gasteiger partial charge in [0.2, 0.25) is 0 Å². The summed E-state index contributed by atoms with van der Waals surface area (Å²) in [7, 11) is 3.00. The molecule has 0 aliphatic heterocycles. The zero-order valence-electron chi connectivity index (χ0n) is 6.82. The van der Waals surface area contributed by atoms with Crippen molar-refractivity contribution in [1.82, 2.24) is 0 Å². The molecule has 0 radical (unpaired) electrons. The number of alkyl halides is 1. The van der Waals surface area contributed by atoms with Crippen LogP contribution in [0.15, 0.2) is 0 Å². The number of methoxy groups -OCH3 is 2. The molecule has 0 heterocycles. The maximum Gasteiger partial charge on any atom is 0.141 e. The molecule has 0 amide bonds. The van der Waals surface area contributed by atoms with Crippen LogP contribution >= 0.6 is 11.6 Å². The van der Waals surface area contributed by atoms with E-state index < -0.39 is 0 Å². The van der Waals surface area contributed by atoms with Gasteiger partial charge in [-0.3, -0.25) is 0 Å². The zero-order valence-corrected chi connectivity index (χ0v) is 8.99. The molecule has 2 nitrogen and oxygen atoms in total. The third-order valence-corrected chi connectivity index (χ3v) is 4.54. The summed E-state index contributed by atoms with van der Waals surface area (Å²) in [6.45, 7) is 1.96. The summed E-state index contributed by atoms with van der Waals surface area (Å²) < 4.78 is 10.3. The van der Waals surface area contributed by atoms with E-state index in [1.165, 1.54) is 0 Å². The SMILES string of the molecule is COC(C)(OC)[SiH2]CCCl. The first kappa shape index (κ1) is 10.4.